The van der Waals surface area contributed by atoms with Crippen LogP contribution in [0.5, 0.6) is 0 Å². The van der Waals surface area contributed by atoms with Gasteiger partial charge in [0.05, 0.1) is 12.0 Å². The van der Waals surface area contributed by atoms with Crippen LogP contribution in [0.4, 0.5) is 4.79 Å². The van der Waals surface area contributed by atoms with E-state index in [0.717, 1.165) is 19.4 Å². The smallest absolute Gasteiger partial charge is 0.314 e. The van der Waals surface area contributed by atoms with Gasteiger partial charge in [-0.15, -0.1) is 0 Å². The van der Waals surface area contributed by atoms with Gasteiger partial charge in [0.15, 0.2) is 0 Å². The van der Waals surface area contributed by atoms with Crippen LogP contribution in [0.2, 0.25) is 0 Å². The van der Waals surface area contributed by atoms with E-state index in [1.165, 1.54) is 0 Å². The van der Waals surface area contributed by atoms with E-state index in [1.807, 2.05) is 0 Å². The van der Waals surface area contributed by atoms with Crippen molar-refractivity contribution in [2.45, 2.75) is 26.7 Å². The molecular formula is C12H22N2O4. The Morgan fingerprint density at radius 1 is 1.39 bits per heavy atom. The number of ether oxygens (including phenoxy) is 1. The van der Waals surface area contributed by atoms with E-state index >= 15 is 0 Å². The number of hydrogen-bond donors (Lipinski definition) is 3. The molecule has 6 heteroatoms. The number of urea groups is 1. The third-order valence-electron chi connectivity index (χ3n) is 3.08. The summed E-state index contributed by atoms with van der Waals surface area (Å²) in [5.74, 6) is -0.569. The first-order valence-electron chi connectivity index (χ1n) is 6.24. The van der Waals surface area contributed by atoms with Gasteiger partial charge in [-0.3, -0.25) is 4.79 Å². The van der Waals surface area contributed by atoms with E-state index in [2.05, 4.69) is 10.6 Å². The molecule has 0 spiro atoms. The van der Waals surface area contributed by atoms with Gasteiger partial charge >= 0.3 is 12.0 Å². The van der Waals surface area contributed by atoms with Gasteiger partial charge < -0.3 is 20.5 Å². The van der Waals surface area contributed by atoms with Crippen LogP contribution in [0.3, 0.4) is 0 Å². The molecule has 1 saturated heterocycles. The Bertz CT molecular complexity index is 298. The van der Waals surface area contributed by atoms with Gasteiger partial charge in [0.25, 0.3) is 0 Å². The minimum atomic E-state index is -0.953. The lowest BCUT2D eigenvalue weighted by atomic mass is 9.94. The predicted octanol–water partition coefficient (Wildman–Crippen LogP) is 0.823. The first-order chi connectivity index (χ1) is 8.42. The third kappa shape index (κ3) is 4.91. The molecular weight excluding hydrogens is 236 g/mol. The molecule has 0 aromatic carbocycles. The summed E-state index contributed by atoms with van der Waals surface area (Å²) in [5, 5.41) is 14.2. The third-order valence-corrected chi connectivity index (χ3v) is 3.08. The number of carbonyl (C=O) groups excluding carboxylic acids is 1. The van der Waals surface area contributed by atoms with Gasteiger partial charge in [-0.1, -0.05) is 0 Å². The first kappa shape index (κ1) is 14.8. The summed E-state index contributed by atoms with van der Waals surface area (Å²) in [6.45, 7) is 5.31. The topological polar surface area (TPSA) is 87.7 Å². The molecule has 18 heavy (non-hydrogen) atoms. The standard InChI is InChI=1S/C12H22N2O4/c1-12(2,10(15)16)8-14-11(17)13-6-9-4-3-5-18-7-9/h9H,3-8H2,1-2H3,(H,15,16)(H2,13,14,17). The fourth-order valence-electron chi connectivity index (χ4n) is 1.64. The van der Waals surface area contributed by atoms with Crippen molar-refractivity contribution >= 4 is 12.0 Å². The molecule has 0 aromatic heterocycles. The molecule has 0 aromatic rings. The summed E-state index contributed by atoms with van der Waals surface area (Å²) in [6, 6.07) is -0.324. The van der Waals surface area contributed by atoms with Crippen LogP contribution in [-0.4, -0.2) is 43.4 Å². The van der Waals surface area contributed by atoms with Crippen molar-refractivity contribution in [3.05, 3.63) is 0 Å². The van der Waals surface area contributed by atoms with Gasteiger partial charge in [-0.2, -0.15) is 0 Å². The molecule has 0 radical (unpaired) electrons. The zero-order chi connectivity index (χ0) is 13.6. The van der Waals surface area contributed by atoms with Crippen LogP contribution in [0.25, 0.3) is 0 Å². The van der Waals surface area contributed by atoms with E-state index in [4.69, 9.17) is 9.84 Å². The van der Waals surface area contributed by atoms with Crippen LogP contribution >= 0.6 is 0 Å². The highest BCUT2D eigenvalue weighted by atomic mass is 16.5. The molecule has 1 atom stereocenters. The largest absolute Gasteiger partial charge is 0.481 e. The van der Waals surface area contributed by atoms with Crippen LogP contribution in [0.15, 0.2) is 0 Å². The Kier molecular flexibility index (Phi) is 5.40. The fraction of sp³-hybridized carbons (Fsp3) is 0.833. The maximum atomic E-state index is 11.5. The SMILES string of the molecule is CC(C)(CNC(=O)NCC1CCCOC1)C(=O)O. The van der Waals surface area contributed by atoms with E-state index < -0.39 is 11.4 Å². The molecule has 0 bridgehead atoms. The Hall–Kier alpha value is -1.30. The zero-order valence-corrected chi connectivity index (χ0v) is 11.0. The molecule has 104 valence electrons. The lowest BCUT2D eigenvalue weighted by Crippen LogP contribution is -2.45. The van der Waals surface area contributed by atoms with Crippen molar-refractivity contribution in [2.24, 2.45) is 11.3 Å². The minimum absolute atomic E-state index is 0.106. The number of aliphatic carboxylic acids is 1. The van der Waals surface area contributed by atoms with E-state index in [0.29, 0.717) is 19.1 Å². The van der Waals surface area contributed by atoms with Crippen LogP contribution in [0.1, 0.15) is 26.7 Å². The zero-order valence-electron chi connectivity index (χ0n) is 11.0. The molecule has 0 saturated carbocycles. The summed E-state index contributed by atoms with van der Waals surface area (Å²) < 4.78 is 5.31. The summed E-state index contributed by atoms with van der Waals surface area (Å²) in [6.07, 6.45) is 2.08. The van der Waals surface area contributed by atoms with Crippen molar-refractivity contribution in [2.75, 3.05) is 26.3 Å². The van der Waals surface area contributed by atoms with Crippen molar-refractivity contribution < 1.29 is 19.4 Å². The Labute approximate surface area is 107 Å². The predicted molar refractivity (Wildman–Crippen MR) is 66.4 cm³/mol. The van der Waals surface area contributed by atoms with Crippen LogP contribution < -0.4 is 10.6 Å². The van der Waals surface area contributed by atoms with Crippen LogP contribution in [0, 0.1) is 11.3 Å². The second-order valence-electron chi connectivity index (χ2n) is 5.34. The average molecular weight is 258 g/mol. The molecule has 1 unspecified atom stereocenters. The normalized spacial score (nSPS) is 20.2. The second kappa shape index (κ2) is 6.58. The molecule has 1 heterocycles. The highest BCUT2D eigenvalue weighted by molar-refractivity contribution is 5.77. The monoisotopic (exact) mass is 258 g/mol. The number of carboxylic acids is 1. The van der Waals surface area contributed by atoms with Crippen molar-refractivity contribution in [1.29, 1.82) is 0 Å². The van der Waals surface area contributed by atoms with E-state index in [1.54, 1.807) is 13.8 Å². The molecule has 1 fully saturated rings. The van der Waals surface area contributed by atoms with Gasteiger partial charge in [0, 0.05) is 19.7 Å². The van der Waals surface area contributed by atoms with Crippen LogP contribution in [-0.2, 0) is 9.53 Å². The molecule has 1 aliphatic rings. The lowest BCUT2D eigenvalue weighted by molar-refractivity contribution is -0.146. The minimum Gasteiger partial charge on any atom is -0.481 e. The highest BCUT2D eigenvalue weighted by Crippen LogP contribution is 2.13. The van der Waals surface area contributed by atoms with Gasteiger partial charge in [0.2, 0.25) is 0 Å². The van der Waals surface area contributed by atoms with Gasteiger partial charge in [-0.05, 0) is 32.6 Å². The Morgan fingerprint density at radius 3 is 2.67 bits per heavy atom. The second-order valence-corrected chi connectivity index (χ2v) is 5.34. The van der Waals surface area contributed by atoms with E-state index in [-0.39, 0.29) is 12.6 Å². The molecule has 1 rings (SSSR count). The highest BCUT2D eigenvalue weighted by Gasteiger charge is 2.27. The van der Waals surface area contributed by atoms with Crippen molar-refractivity contribution in [3.63, 3.8) is 0 Å². The number of rotatable bonds is 5. The lowest BCUT2D eigenvalue weighted by Gasteiger charge is -2.23. The average Bonchev–Trinajstić information content (AvgIpc) is 2.35. The number of hydrogen-bond acceptors (Lipinski definition) is 3. The maximum Gasteiger partial charge on any atom is 0.314 e. The number of carboxylic acid groups (broad SMARTS) is 1. The van der Waals surface area contributed by atoms with Crippen molar-refractivity contribution in [1.82, 2.24) is 10.6 Å². The summed E-state index contributed by atoms with van der Waals surface area (Å²) in [7, 11) is 0. The molecule has 6 nitrogen and oxygen atoms in total. The summed E-state index contributed by atoms with van der Waals surface area (Å²) in [4.78, 5) is 22.3. The van der Waals surface area contributed by atoms with Crippen molar-refractivity contribution in [3.8, 4) is 0 Å². The quantitative estimate of drug-likeness (QED) is 0.681. The Balaban J connectivity index is 2.19. The number of carbonyl (C=O) groups is 2. The summed E-state index contributed by atoms with van der Waals surface area (Å²) >= 11 is 0. The Morgan fingerprint density at radius 2 is 2.11 bits per heavy atom. The summed E-state index contributed by atoms with van der Waals surface area (Å²) in [5.41, 5.74) is -0.953. The molecule has 1 aliphatic heterocycles. The maximum absolute atomic E-state index is 11.5. The first-order valence-corrected chi connectivity index (χ1v) is 6.24. The van der Waals surface area contributed by atoms with Gasteiger partial charge in [0.1, 0.15) is 0 Å². The number of amides is 2. The molecule has 3 N–H and O–H groups in total. The number of nitrogens with one attached hydrogen (secondary N) is 2. The molecule has 0 aliphatic carbocycles. The van der Waals surface area contributed by atoms with E-state index in [9.17, 15) is 9.59 Å². The fourth-order valence-corrected chi connectivity index (χ4v) is 1.64. The van der Waals surface area contributed by atoms with Gasteiger partial charge in [-0.25, -0.2) is 4.79 Å². The molecule has 2 amide bonds.